The van der Waals surface area contributed by atoms with Crippen LogP contribution < -0.4 is 0 Å². The number of H-pyrrole nitrogens is 1. The lowest BCUT2D eigenvalue weighted by Gasteiger charge is -2.23. The van der Waals surface area contributed by atoms with Crippen LogP contribution in [-0.4, -0.2) is 60.2 Å². The van der Waals surface area contributed by atoms with Gasteiger partial charge in [0.1, 0.15) is 13.2 Å². The molecule has 0 saturated carbocycles. The van der Waals surface area contributed by atoms with Crippen molar-refractivity contribution in [3.8, 4) is 0 Å². The minimum Gasteiger partial charge on any atom is -0.870 e. The van der Waals surface area contributed by atoms with Crippen molar-refractivity contribution in [1.82, 2.24) is 9.97 Å². The monoisotopic (exact) mass is 241 g/mol. The number of quaternary nitrogens is 1. The predicted octanol–water partition coefficient (Wildman–Crippen LogP) is 0.495. The van der Waals surface area contributed by atoms with E-state index >= 15 is 0 Å². The van der Waals surface area contributed by atoms with Crippen LogP contribution in [0.1, 0.15) is 5.69 Å². The summed E-state index contributed by atoms with van der Waals surface area (Å²) in [6.07, 6.45) is 6.22. The number of rotatable bonds is 5. The molecule has 0 aliphatic rings. The molecule has 1 aromatic rings. The summed E-state index contributed by atoms with van der Waals surface area (Å²) in [4.78, 5) is 18.0. The minimum absolute atomic E-state index is 0. The number of hydrogen-bond donors (Lipinski definition) is 1. The first-order valence-corrected chi connectivity index (χ1v) is 5.11. The molecule has 0 aromatic carbocycles. The highest BCUT2D eigenvalue weighted by atomic mass is 16.5. The van der Waals surface area contributed by atoms with E-state index in [1.165, 1.54) is 6.08 Å². The van der Waals surface area contributed by atoms with Gasteiger partial charge in [0.15, 0.2) is 0 Å². The molecule has 0 spiro atoms. The van der Waals surface area contributed by atoms with E-state index in [0.717, 1.165) is 16.7 Å². The van der Waals surface area contributed by atoms with Crippen LogP contribution in [0.5, 0.6) is 0 Å². The summed E-state index contributed by atoms with van der Waals surface area (Å²) in [5.41, 5.74) is 0.781. The third-order valence-electron chi connectivity index (χ3n) is 1.92. The summed E-state index contributed by atoms with van der Waals surface area (Å²) < 4.78 is 5.82. The van der Waals surface area contributed by atoms with Crippen molar-refractivity contribution in [3.05, 3.63) is 24.3 Å². The molecule has 6 heteroatoms. The van der Waals surface area contributed by atoms with Gasteiger partial charge in [0.25, 0.3) is 0 Å². The van der Waals surface area contributed by atoms with E-state index in [9.17, 15) is 4.79 Å². The highest BCUT2D eigenvalue weighted by Crippen LogP contribution is 1.96. The van der Waals surface area contributed by atoms with Crippen molar-refractivity contribution < 1.29 is 19.5 Å². The number of ether oxygens (including phenoxy) is 1. The van der Waals surface area contributed by atoms with E-state index in [4.69, 9.17) is 4.74 Å². The zero-order valence-electron chi connectivity index (χ0n) is 10.4. The maximum Gasteiger partial charge on any atom is 0.331 e. The molecule has 0 radical (unpaired) electrons. The summed E-state index contributed by atoms with van der Waals surface area (Å²) in [6.45, 7) is 1.22. The Balaban J connectivity index is 0.00000256. The first kappa shape index (κ1) is 15.3. The Hall–Kier alpha value is -1.66. The first-order chi connectivity index (χ1) is 7.47. The summed E-state index contributed by atoms with van der Waals surface area (Å²) in [5.74, 6) is -0.331. The average molecular weight is 241 g/mol. The summed E-state index contributed by atoms with van der Waals surface area (Å²) in [7, 11) is 6.15. The number of carbonyl (C=O) groups excluding carboxylic acids is 1. The Morgan fingerprint density at radius 1 is 1.53 bits per heavy atom. The molecule has 1 aromatic heterocycles. The van der Waals surface area contributed by atoms with Gasteiger partial charge in [-0.15, -0.1) is 0 Å². The van der Waals surface area contributed by atoms with Gasteiger partial charge in [-0.3, -0.25) is 0 Å². The lowest BCUT2D eigenvalue weighted by molar-refractivity contribution is -0.870. The van der Waals surface area contributed by atoms with Crippen molar-refractivity contribution in [1.29, 1.82) is 0 Å². The number of esters is 1. The quantitative estimate of drug-likeness (QED) is 0.462. The molecule has 6 nitrogen and oxygen atoms in total. The molecule has 2 N–H and O–H groups in total. The molecule has 1 heterocycles. The van der Waals surface area contributed by atoms with E-state index in [0.29, 0.717) is 6.61 Å². The molecule has 0 bridgehead atoms. The molecule has 0 saturated heterocycles. The van der Waals surface area contributed by atoms with Crippen LogP contribution >= 0.6 is 0 Å². The third kappa shape index (κ3) is 7.26. The molecule has 0 unspecified atom stereocenters. The van der Waals surface area contributed by atoms with Crippen molar-refractivity contribution in [2.24, 2.45) is 0 Å². The Morgan fingerprint density at radius 2 is 2.24 bits per heavy atom. The number of imidazole rings is 1. The predicted molar refractivity (Wildman–Crippen MR) is 63.4 cm³/mol. The van der Waals surface area contributed by atoms with Crippen LogP contribution in [0.2, 0.25) is 0 Å². The Kier molecular flexibility index (Phi) is 6.16. The van der Waals surface area contributed by atoms with Gasteiger partial charge in [-0.25, -0.2) is 9.78 Å². The fourth-order valence-corrected chi connectivity index (χ4v) is 0.984. The molecular weight excluding hydrogens is 222 g/mol. The van der Waals surface area contributed by atoms with E-state index in [2.05, 4.69) is 9.97 Å². The first-order valence-electron chi connectivity index (χ1n) is 5.11. The number of nitrogens with zero attached hydrogens (tertiary/aromatic N) is 2. The van der Waals surface area contributed by atoms with Crippen LogP contribution in [0, 0.1) is 0 Å². The van der Waals surface area contributed by atoms with E-state index in [1.807, 2.05) is 21.1 Å². The fraction of sp³-hybridized carbons (Fsp3) is 0.455. The zero-order chi connectivity index (χ0) is 12.0. The van der Waals surface area contributed by atoms with Gasteiger partial charge < -0.3 is 19.7 Å². The topological polar surface area (TPSA) is 85.0 Å². The van der Waals surface area contributed by atoms with E-state index < -0.39 is 0 Å². The van der Waals surface area contributed by atoms with Crippen LogP contribution in [0.4, 0.5) is 0 Å². The molecule has 0 amide bonds. The maximum atomic E-state index is 11.3. The SMILES string of the molecule is C[N+](C)(C)CCOC(=O)/C=C/c1cnc[nH]1.[OH-]. The van der Waals surface area contributed by atoms with Crippen molar-refractivity contribution in [2.75, 3.05) is 34.3 Å². The van der Waals surface area contributed by atoms with Crippen molar-refractivity contribution >= 4 is 12.0 Å². The highest BCUT2D eigenvalue weighted by molar-refractivity contribution is 5.86. The van der Waals surface area contributed by atoms with Crippen LogP contribution in [0.25, 0.3) is 6.08 Å². The molecule has 0 aliphatic carbocycles. The number of aromatic amines is 1. The molecule has 96 valence electrons. The molecular formula is C11H19N3O3. The second-order valence-corrected chi connectivity index (χ2v) is 4.52. The highest BCUT2D eigenvalue weighted by Gasteiger charge is 2.07. The van der Waals surface area contributed by atoms with Gasteiger partial charge in [-0.1, -0.05) is 0 Å². The second kappa shape index (κ2) is 6.82. The lowest BCUT2D eigenvalue weighted by Crippen LogP contribution is -2.37. The Labute approximate surface area is 101 Å². The summed E-state index contributed by atoms with van der Waals surface area (Å²) in [6, 6.07) is 0. The molecule has 17 heavy (non-hydrogen) atoms. The molecule has 1 rings (SSSR count). The number of nitrogens with one attached hydrogen (secondary N) is 1. The number of aromatic nitrogens is 2. The number of likely N-dealkylation sites (N-methyl/N-ethyl adjacent to an activating group) is 1. The van der Waals surface area contributed by atoms with Gasteiger partial charge in [0, 0.05) is 6.08 Å². The molecule has 0 fully saturated rings. The maximum absolute atomic E-state index is 11.3. The lowest BCUT2D eigenvalue weighted by atomic mass is 10.4. The van der Waals surface area contributed by atoms with Gasteiger partial charge in [-0.05, 0) is 6.08 Å². The zero-order valence-corrected chi connectivity index (χ0v) is 10.4. The van der Waals surface area contributed by atoms with Gasteiger partial charge >= 0.3 is 5.97 Å². The number of carbonyl (C=O) groups is 1. The van der Waals surface area contributed by atoms with Crippen LogP contribution in [0.3, 0.4) is 0 Å². The standard InChI is InChI=1S/C11H17N3O2.H2O/c1-14(2,3)6-7-16-11(15)5-4-10-8-12-9-13-10;/h4-5,8-9H,6-7H2,1-3H3;1H2. The third-order valence-corrected chi connectivity index (χ3v) is 1.92. The largest absolute Gasteiger partial charge is 0.870 e. The second-order valence-electron chi connectivity index (χ2n) is 4.52. The smallest absolute Gasteiger partial charge is 0.331 e. The van der Waals surface area contributed by atoms with E-state index in [1.54, 1.807) is 18.6 Å². The fourth-order valence-electron chi connectivity index (χ4n) is 0.984. The van der Waals surface area contributed by atoms with Crippen molar-refractivity contribution in [2.45, 2.75) is 0 Å². The van der Waals surface area contributed by atoms with Gasteiger partial charge in [0.2, 0.25) is 0 Å². The molecule has 0 atom stereocenters. The minimum atomic E-state index is -0.331. The van der Waals surface area contributed by atoms with E-state index in [-0.39, 0.29) is 11.4 Å². The van der Waals surface area contributed by atoms with Gasteiger partial charge in [0.05, 0.1) is 39.4 Å². The van der Waals surface area contributed by atoms with Crippen molar-refractivity contribution in [3.63, 3.8) is 0 Å². The normalized spacial score (nSPS) is 11.2. The summed E-state index contributed by atoms with van der Waals surface area (Å²) >= 11 is 0. The average Bonchev–Trinajstić information content (AvgIpc) is 2.65. The summed E-state index contributed by atoms with van der Waals surface area (Å²) in [5, 5.41) is 0. The van der Waals surface area contributed by atoms with Gasteiger partial charge in [-0.2, -0.15) is 0 Å². The molecule has 0 aliphatic heterocycles. The number of hydrogen-bond acceptors (Lipinski definition) is 4. The van der Waals surface area contributed by atoms with Crippen LogP contribution in [-0.2, 0) is 9.53 Å². The Morgan fingerprint density at radius 3 is 2.76 bits per heavy atom. The van der Waals surface area contributed by atoms with Crippen LogP contribution in [0.15, 0.2) is 18.6 Å². The Bertz CT molecular complexity index is 353.